The van der Waals surface area contributed by atoms with Crippen LogP contribution in [0.1, 0.15) is 46.0 Å². The van der Waals surface area contributed by atoms with Gasteiger partial charge in [-0.3, -0.25) is 19.2 Å². The first-order valence-electron chi connectivity index (χ1n) is 9.56. The largest absolute Gasteiger partial charge is 0.436 e. The Labute approximate surface area is 163 Å². The topological polar surface area (TPSA) is 157 Å². The van der Waals surface area contributed by atoms with E-state index < -0.39 is 41.8 Å². The van der Waals surface area contributed by atoms with Crippen molar-refractivity contribution in [3.8, 4) is 0 Å². The third-order valence-corrected chi connectivity index (χ3v) is 4.69. The van der Waals surface area contributed by atoms with Crippen molar-refractivity contribution in [3.63, 3.8) is 0 Å². The number of Topliss-reactive ketones (excluding diaryl/α,β-unsaturated/α-hetero) is 1. The number of primary amides is 1. The Morgan fingerprint density at radius 3 is 2.39 bits per heavy atom. The van der Waals surface area contributed by atoms with Crippen molar-refractivity contribution in [1.82, 2.24) is 16.0 Å². The molecule has 156 valence electrons. The van der Waals surface area contributed by atoms with E-state index in [4.69, 9.17) is 10.5 Å². The van der Waals surface area contributed by atoms with Crippen LogP contribution in [0.15, 0.2) is 0 Å². The van der Waals surface area contributed by atoms with Crippen LogP contribution in [0.25, 0.3) is 0 Å². The average molecular weight is 396 g/mol. The molecule has 10 heteroatoms. The predicted octanol–water partition coefficient (Wildman–Crippen LogP) is -0.645. The normalized spacial score (nSPS) is 20.8. The summed E-state index contributed by atoms with van der Waals surface area (Å²) in [4.78, 5) is 60.4. The van der Waals surface area contributed by atoms with Gasteiger partial charge in [0.15, 0.2) is 6.10 Å². The van der Waals surface area contributed by atoms with Crippen LogP contribution < -0.4 is 21.7 Å². The van der Waals surface area contributed by atoms with Gasteiger partial charge in [0.2, 0.25) is 11.7 Å². The van der Waals surface area contributed by atoms with Crippen LogP contribution in [0, 0.1) is 11.8 Å². The first-order chi connectivity index (χ1) is 13.2. The smallest absolute Gasteiger partial charge is 0.405 e. The third kappa shape index (κ3) is 6.50. The van der Waals surface area contributed by atoms with Crippen LogP contribution in [-0.2, 0) is 23.9 Å². The Morgan fingerprint density at radius 1 is 1.21 bits per heavy atom. The zero-order valence-corrected chi connectivity index (χ0v) is 16.2. The van der Waals surface area contributed by atoms with Crippen LogP contribution in [-0.4, -0.2) is 54.3 Å². The zero-order valence-electron chi connectivity index (χ0n) is 16.2. The second kappa shape index (κ2) is 9.52. The molecule has 1 saturated carbocycles. The molecule has 5 N–H and O–H groups in total. The van der Waals surface area contributed by atoms with Crippen molar-refractivity contribution in [2.24, 2.45) is 17.6 Å². The standard InChI is InChI=1S/C18H28N4O6/c1-9(2)7-13(28-18(19)27)16(25)22-12(8-10-5-6-20-15(10)24)14(23)17(26)21-11-3-4-11/h9-13H,3-8H2,1-2H3,(H2,19,27)(H,20,24)(H,21,26)(H,22,25)/t10-,12-,13-/m0/s1. The number of amides is 4. The van der Waals surface area contributed by atoms with Crippen molar-refractivity contribution in [2.45, 2.75) is 64.1 Å². The number of ether oxygens (including phenoxy) is 1. The average Bonchev–Trinajstić information content (AvgIpc) is 3.32. The lowest BCUT2D eigenvalue weighted by atomic mass is 9.95. The number of rotatable bonds is 10. The van der Waals surface area contributed by atoms with Gasteiger partial charge < -0.3 is 26.4 Å². The Bertz CT molecular complexity index is 646. The highest BCUT2D eigenvalue weighted by molar-refractivity contribution is 6.38. The van der Waals surface area contributed by atoms with Gasteiger partial charge in [-0.25, -0.2) is 4.79 Å². The Balaban J connectivity index is 2.10. The SMILES string of the molecule is CC(C)C[C@H](OC(N)=O)C(=O)N[C@@H](C[C@@H]1CCNC1=O)C(=O)C(=O)NC1CC1. The molecule has 2 aliphatic rings. The number of nitrogens with two attached hydrogens (primary N) is 1. The maximum absolute atomic E-state index is 12.6. The number of carbonyl (C=O) groups excluding carboxylic acids is 5. The molecule has 0 aromatic carbocycles. The number of nitrogens with one attached hydrogen (secondary N) is 3. The van der Waals surface area contributed by atoms with Gasteiger partial charge in [-0.15, -0.1) is 0 Å². The molecule has 0 unspecified atom stereocenters. The second-order valence-corrected chi connectivity index (χ2v) is 7.74. The van der Waals surface area contributed by atoms with E-state index in [1.165, 1.54) is 0 Å². The molecule has 1 saturated heterocycles. The highest BCUT2D eigenvalue weighted by Crippen LogP contribution is 2.20. The summed E-state index contributed by atoms with van der Waals surface area (Å²) in [6.45, 7) is 4.14. The number of hydrogen-bond donors (Lipinski definition) is 4. The van der Waals surface area contributed by atoms with E-state index in [2.05, 4.69) is 16.0 Å². The number of carbonyl (C=O) groups is 5. The summed E-state index contributed by atoms with van der Waals surface area (Å²) in [7, 11) is 0. The Morgan fingerprint density at radius 2 is 1.89 bits per heavy atom. The fourth-order valence-electron chi connectivity index (χ4n) is 3.07. The minimum Gasteiger partial charge on any atom is -0.436 e. The van der Waals surface area contributed by atoms with Gasteiger partial charge in [0, 0.05) is 18.5 Å². The number of ketones is 1. The molecular formula is C18H28N4O6. The first-order valence-corrected chi connectivity index (χ1v) is 9.56. The molecule has 4 amide bonds. The molecule has 28 heavy (non-hydrogen) atoms. The van der Waals surface area contributed by atoms with E-state index in [0.717, 1.165) is 12.8 Å². The highest BCUT2D eigenvalue weighted by atomic mass is 16.6. The molecule has 0 bridgehead atoms. The first kappa shape index (κ1) is 21.6. The second-order valence-electron chi connectivity index (χ2n) is 7.74. The van der Waals surface area contributed by atoms with Gasteiger partial charge in [-0.05, 0) is 38.0 Å². The van der Waals surface area contributed by atoms with Gasteiger partial charge in [0.05, 0.1) is 6.04 Å². The van der Waals surface area contributed by atoms with Crippen LogP contribution in [0.2, 0.25) is 0 Å². The van der Waals surface area contributed by atoms with Crippen molar-refractivity contribution in [2.75, 3.05) is 6.54 Å². The van der Waals surface area contributed by atoms with E-state index in [1.54, 1.807) is 0 Å². The maximum Gasteiger partial charge on any atom is 0.405 e. The van der Waals surface area contributed by atoms with Gasteiger partial charge in [-0.1, -0.05) is 13.8 Å². The van der Waals surface area contributed by atoms with Crippen LogP contribution >= 0.6 is 0 Å². The predicted molar refractivity (Wildman–Crippen MR) is 97.7 cm³/mol. The van der Waals surface area contributed by atoms with Crippen LogP contribution in [0.3, 0.4) is 0 Å². The van der Waals surface area contributed by atoms with Crippen molar-refractivity contribution in [3.05, 3.63) is 0 Å². The molecule has 2 rings (SSSR count). The van der Waals surface area contributed by atoms with Crippen molar-refractivity contribution >= 4 is 29.6 Å². The van der Waals surface area contributed by atoms with Crippen molar-refractivity contribution < 1.29 is 28.7 Å². The van der Waals surface area contributed by atoms with E-state index in [1.807, 2.05) is 13.8 Å². The summed E-state index contributed by atoms with van der Waals surface area (Å²) in [5.74, 6) is -3.01. The molecule has 3 atom stereocenters. The quantitative estimate of drug-likeness (QED) is 0.360. The monoisotopic (exact) mass is 396 g/mol. The molecule has 10 nitrogen and oxygen atoms in total. The zero-order chi connectivity index (χ0) is 20.8. The maximum atomic E-state index is 12.6. The summed E-state index contributed by atoms with van der Waals surface area (Å²) >= 11 is 0. The summed E-state index contributed by atoms with van der Waals surface area (Å²) in [6, 6.07) is -1.21. The summed E-state index contributed by atoms with van der Waals surface area (Å²) in [5, 5.41) is 7.74. The molecule has 0 aromatic heterocycles. The van der Waals surface area contributed by atoms with Gasteiger partial charge >= 0.3 is 6.09 Å². The summed E-state index contributed by atoms with van der Waals surface area (Å²) in [5.41, 5.74) is 5.03. The van der Waals surface area contributed by atoms with E-state index in [0.29, 0.717) is 13.0 Å². The molecule has 2 fully saturated rings. The van der Waals surface area contributed by atoms with E-state index >= 15 is 0 Å². The molecule has 1 aliphatic heterocycles. The van der Waals surface area contributed by atoms with Gasteiger partial charge in [-0.2, -0.15) is 0 Å². The Kier molecular flexibility index (Phi) is 7.36. The molecule has 0 radical (unpaired) electrons. The van der Waals surface area contributed by atoms with Crippen molar-refractivity contribution in [1.29, 1.82) is 0 Å². The minimum atomic E-state index is -1.19. The lowest BCUT2D eigenvalue weighted by Gasteiger charge is -2.23. The number of hydrogen-bond acceptors (Lipinski definition) is 6. The lowest BCUT2D eigenvalue weighted by molar-refractivity contribution is -0.142. The summed E-state index contributed by atoms with van der Waals surface area (Å²) < 4.78 is 4.87. The lowest BCUT2D eigenvalue weighted by Crippen LogP contribution is -2.52. The molecule has 0 spiro atoms. The minimum absolute atomic E-state index is 0.000532. The molecule has 1 aliphatic carbocycles. The summed E-state index contributed by atoms with van der Waals surface area (Å²) in [6.07, 6.45) is 0.0408. The van der Waals surface area contributed by atoms with Gasteiger partial charge in [0.1, 0.15) is 0 Å². The Hall–Kier alpha value is -2.65. The fraction of sp³-hybridized carbons (Fsp3) is 0.722. The van der Waals surface area contributed by atoms with Crippen LogP contribution in [0.5, 0.6) is 0 Å². The molecular weight excluding hydrogens is 368 g/mol. The van der Waals surface area contributed by atoms with Crippen LogP contribution in [0.4, 0.5) is 4.79 Å². The third-order valence-electron chi connectivity index (χ3n) is 4.69. The van der Waals surface area contributed by atoms with Gasteiger partial charge in [0.25, 0.3) is 11.8 Å². The molecule has 0 aromatic rings. The van der Waals surface area contributed by atoms with E-state index in [9.17, 15) is 24.0 Å². The van der Waals surface area contributed by atoms with E-state index in [-0.39, 0.29) is 30.7 Å². The highest BCUT2D eigenvalue weighted by Gasteiger charge is 2.37. The molecule has 1 heterocycles. The fourth-order valence-corrected chi connectivity index (χ4v) is 3.07.